The Morgan fingerprint density at radius 1 is 1.09 bits per heavy atom. The van der Waals surface area contributed by atoms with Crippen LogP contribution in [0.2, 0.25) is 0 Å². The van der Waals surface area contributed by atoms with Crippen LogP contribution >= 0.6 is 0 Å². The van der Waals surface area contributed by atoms with Crippen molar-refractivity contribution in [3.63, 3.8) is 0 Å². The number of hydrogen-bond acceptors (Lipinski definition) is 6. The van der Waals surface area contributed by atoms with Crippen LogP contribution in [-0.4, -0.2) is 65.9 Å². The number of benzene rings is 2. The number of rotatable bonds is 10. The molecule has 8 nitrogen and oxygen atoms in total. The second-order valence-corrected chi connectivity index (χ2v) is 8.26. The molecule has 1 saturated heterocycles. The van der Waals surface area contributed by atoms with Gasteiger partial charge in [-0.05, 0) is 56.0 Å². The van der Waals surface area contributed by atoms with Crippen molar-refractivity contribution in [2.75, 3.05) is 37.7 Å². The van der Waals surface area contributed by atoms with Gasteiger partial charge in [0.2, 0.25) is 5.91 Å². The van der Waals surface area contributed by atoms with Crippen molar-refractivity contribution in [1.29, 1.82) is 0 Å². The second kappa shape index (κ2) is 12.3. The maximum atomic E-state index is 14.1. The highest BCUT2D eigenvalue weighted by atomic mass is 19.1. The number of piperazine rings is 1. The number of aryl methyl sites for hydroxylation is 1. The first-order valence-corrected chi connectivity index (χ1v) is 11.6. The van der Waals surface area contributed by atoms with Crippen LogP contribution in [-0.2, 0) is 16.0 Å². The minimum absolute atomic E-state index is 0.272. The van der Waals surface area contributed by atoms with Crippen LogP contribution in [0.5, 0.6) is 5.75 Å². The Morgan fingerprint density at radius 2 is 1.76 bits per heavy atom. The summed E-state index contributed by atoms with van der Waals surface area (Å²) < 4.78 is 19.5. The number of aliphatic hydroxyl groups excluding tert-OH is 1. The maximum absolute atomic E-state index is 14.1. The predicted octanol–water partition coefficient (Wildman–Crippen LogP) is 2.38. The highest BCUT2D eigenvalue weighted by molar-refractivity contribution is 5.88. The van der Waals surface area contributed by atoms with Crippen molar-refractivity contribution < 1.29 is 29.0 Å². The van der Waals surface area contributed by atoms with Gasteiger partial charge in [0.25, 0.3) is 5.91 Å². The molecule has 1 fully saturated rings. The summed E-state index contributed by atoms with van der Waals surface area (Å²) in [7, 11) is 0. The minimum Gasteiger partial charge on any atom is -0.494 e. The van der Waals surface area contributed by atoms with E-state index < -0.39 is 17.9 Å². The average Bonchev–Trinajstić information content (AvgIpc) is 2.87. The predicted molar refractivity (Wildman–Crippen MR) is 125 cm³/mol. The molecule has 0 aromatic heterocycles. The lowest BCUT2D eigenvalue weighted by atomic mass is 9.92. The van der Waals surface area contributed by atoms with Gasteiger partial charge in [0, 0.05) is 26.2 Å². The van der Waals surface area contributed by atoms with Crippen molar-refractivity contribution in [3.05, 3.63) is 59.9 Å². The third-order valence-corrected chi connectivity index (χ3v) is 6.08. The molecule has 2 aromatic rings. The molecule has 0 radical (unpaired) electrons. The second-order valence-electron chi connectivity index (χ2n) is 8.26. The zero-order valence-corrected chi connectivity index (χ0v) is 19.3. The van der Waals surface area contributed by atoms with Crippen LogP contribution in [0.4, 0.5) is 10.1 Å². The van der Waals surface area contributed by atoms with Gasteiger partial charge in [-0.2, -0.15) is 0 Å². The Bertz CT molecular complexity index is 948. The van der Waals surface area contributed by atoms with Crippen molar-refractivity contribution in [1.82, 2.24) is 10.4 Å². The third kappa shape index (κ3) is 6.45. The molecule has 34 heavy (non-hydrogen) atoms. The Kier molecular flexibility index (Phi) is 9.24. The SMILES string of the molecule is CCOc1ccc(CCC[C@@H](C(=O)N2CCN(c3ccccc3F)CC2)[C@H](O)C(=O)NO)cc1. The van der Waals surface area contributed by atoms with Crippen LogP contribution < -0.4 is 15.1 Å². The van der Waals surface area contributed by atoms with Crippen molar-refractivity contribution in [3.8, 4) is 5.75 Å². The zero-order chi connectivity index (χ0) is 24.5. The van der Waals surface area contributed by atoms with Crippen molar-refractivity contribution >= 4 is 17.5 Å². The summed E-state index contributed by atoms with van der Waals surface area (Å²) in [5.74, 6) is -1.89. The first-order valence-electron chi connectivity index (χ1n) is 11.6. The quantitative estimate of drug-likeness (QED) is 0.362. The summed E-state index contributed by atoms with van der Waals surface area (Å²) in [6, 6.07) is 14.1. The largest absolute Gasteiger partial charge is 0.494 e. The molecule has 0 saturated carbocycles. The number of nitrogens with one attached hydrogen (secondary N) is 1. The van der Waals surface area contributed by atoms with E-state index in [1.54, 1.807) is 23.1 Å². The molecule has 2 atom stereocenters. The molecule has 3 N–H and O–H groups in total. The fourth-order valence-corrected chi connectivity index (χ4v) is 4.22. The molecule has 2 aromatic carbocycles. The molecular formula is C25H32FN3O5. The first kappa shape index (κ1) is 25.5. The lowest BCUT2D eigenvalue weighted by Crippen LogP contribution is -2.53. The Morgan fingerprint density at radius 3 is 2.38 bits per heavy atom. The number of carbonyl (C=O) groups excluding carboxylic acids is 2. The molecule has 9 heteroatoms. The van der Waals surface area contributed by atoms with Crippen LogP contribution in [0.15, 0.2) is 48.5 Å². The van der Waals surface area contributed by atoms with Crippen LogP contribution in [0.1, 0.15) is 25.3 Å². The van der Waals surface area contributed by atoms with Crippen LogP contribution in [0, 0.1) is 11.7 Å². The molecule has 1 aliphatic heterocycles. The number of para-hydroxylation sites is 1. The Hall–Kier alpha value is -3.17. The van der Waals surface area contributed by atoms with E-state index in [1.807, 2.05) is 36.1 Å². The monoisotopic (exact) mass is 473 g/mol. The van der Waals surface area contributed by atoms with Crippen LogP contribution in [0.3, 0.4) is 0 Å². The normalized spacial score (nSPS) is 15.5. The molecule has 1 heterocycles. The maximum Gasteiger partial charge on any atom is 0.272 e. The van der Waals surface area contributed by atoms with Crippen molar-refractivity contribution in [2.24, 2.45) is 5.92 Å². The molecule has 3 rings (SSSR count). The number of amides is 2. The van der Waals surface area contributed by atoms with Gasteiger partial charge in [-0.3, -0.25) is 14.8 Å². The highest BCUT2D eigenvalue weighted by Crippen LogP contribution is 2.23. The molecule has 2 amide bonds. The summed E-state index contributed by atoms with van der Waals surface area (Å²) in [5.41, 5.74) is 2.98. The lowest BCUT2D eigenvalue weighted by Gasteiger charge is -2.38. The van der Waals surface area contributed by atoms with E-state index in [9.17, 15) is 19.1 Å². The van der Waals surface area contributed by atoms with Gasteiger partial charge in [0.05, 0.1) is 18.2 Å². The van der Waals surface area contributed by atoms with Crippen molar-refractivity contribution in [2.45, 2.75) is 32.3 Å². The van der Waals surface area contributed by atoms with Gasteiger partial charge in [-0.15, -0.1) is 0 Å². The van der Waals surface area contributed by atoms with Gasteiger partial charge in [0.15, 0.2) is 0 Å². The molecular weight excluding hydrogens is 441 g/mol. The van der Waals surface area contributed by atoms with Gasteiger partial charge >= 0.3 is 0 Å². The van der Waals surface area contributed by atoms with Gasteiger partial charge in [-0.25, -0.2) is 9.87 Å². The van der Waals surface area contributed by atoms with Gasteiger partial charge < -0.3 is 19.6 Å². The van der Waals surface area contributed by atoms with E-state index in [-0.39, 0.29) is 18.1 Å². The molecule has 0 bridgehead atoms. The minimum atomic E-state index is -1.66. The molecule has 0 aliphatic carbocycles. The Labute approximate surface area is 198 Å². The third-order valence-electron chi connectivity index (χ3n) is 6.08. The highest BCUT2D eigenvalue weighted by Gasteiger charge is 2.35. The standard InChI is InChI=1S/C25H32FN3O5/c1-2-34-19-12-10-18(11-13-19)6-5-7-20(23(30)24(31)27-33)25(32)29-16-14-28(15-17-29)22-9-4-3-8-21(22)26/h3-4,8-13,20,23,30,33H,2,5-7,14-17H2,1H3,(H,27,31)/t20-,23+/m1/s1. The summed E-state index contributed by atoms with van der Waals surface area (Å²) in [4.78, 5) is 28.6. The van der Waals surface area contributed by atoms with E-state index in [0.717, 1.165) is 11.3 Å². The van der Waals surface area contributed by atoms with Gasteiger partial charge in [0.1, 0.15) is 17.7 Å². The summed E-state index contributed by atoms with van der Waals surface area (Å²) in [6.07, 6.45) is -0.170. The fraction of sp³-hybridized carbons (Fsp3) is 0.440. The number of nitrogens with zero attached hydrogens (tertiary/aromatic N) is 2. The summed E-state index contributed by atoms with van der Waals surface area (Å²) >= 11 is 0. The topological polar surface area (TPSA) is 102 Å². The number of hydrogen-bond donors (Lipinski definition) is 3. The number of halogens is 1. The van der Waals surface area contributed by atoms with E-state index in [1.165, 1.54) is 11.5 Å². The fourth-order valence-electron chi connectivity index (χ4n) is 4.22. The number of aliphatic hydroxyl groups is 1. The molecule has 1 aliphatic rings. The molecule has 0 spiro atoms. The number of carbonyl (C=O) groups is 2. The van der Waals surface area contributed by atoms with Crippen LogP contribution in [0.25, 0.3) is 0 Å². The average molecular weight is 474 g/mol. The summed E-state index contributed by atoms with van der Waals surface area (Å²) in [5, 5.41) is 19.4. The lowest BCUT2D eigenvalue weighted by molar-refractivity contribution is -0.150. The number of anilines is 1. The van der Waals surface area contributed by atoms with E-state index >= 15 is 0 Å². The molecule has 184 valence electrons. The van der Waals surface area contributed by atoms with Gasteiger partial charge in [-0.1, -0.05) is 24.3 Å². The first-order chi connectivity index (χ1) is 16.4. The van der Waals surface area contributed by atoms with E-state index in [2.05, 4.69) is 0 Å². The van der Waals surface area contributed by atoms with E-state index in [0.29, 0.717) is 51.3 Å². The number of ether oxygens (including phenoxy) is 1. The smallest absolute Gasteiger partial charge is 0.272 e. The molecule has 0 unspecified atom stereocenters. The summed E-state index contributed by atoms with van der Waals surface area (Å²) in [6.45, 7) is 4.06. The van der Waals surface area contributed by atoms with E-state index in [4.69, 9.17) is 9.94 Å². The number of hydroxylamine groups is 1. The zero-order valence-electron chi connectivity index (χ0n) is 19.3. The Balaban J connectivity index is 1.60.